The van der Waals surface area contributed by atoms with Gasteiger partial charge in [-0.15, -0.1) is 0 Å². The Morgan fingerprint density at radius 2 is 1.19 bits per heavy atom. The Hall–Kier alpha value is -1.35. The van der Waals surface area contributed by atoms with E-state index in [0.29, 0.717) is 32.5 Å². The molecule has 0 aromatic rings. The lowest BCUT2D eigenvalue weighted by Gasteiger charge is -2.24. The smallest absolute Gasteiger partial charge is 0.410 e. The van der Waals surface area contributed by atoms with Gasteiger partial charge >= 0.3 is 12.2 Å². The van der Waals surface area contributed by atoms with Gasteiger partial charge in [-0.2, -0.15) is 8.42 Å². The van der Waals surface area contributed by atoms with E-state index in [1.165, 1.54) is 9.80 Å². The number of rotatable bonds is 2. The fourth-order valence-corrected chi connectivity index (χ4v) is 3.43. The number of nitrogens with zero attached hydrogens (tertiary/aromatic N) is 2. The van der Waals surface area contributed by atoms with Crippen LogP contribution in [-0.4, -0.2) is 106 Å². The predicted molar refractivity (Wildman–Crippen MR) is 138 cm³/mol. The number of aliphatic hydroxyl groups excluding tert-OH is 1. The molecule has 36 heavy (non-hydrogen) atoms. The van der Waals surface area contributed by atoms with Crippen LogP contribution in [0.2, 0.25) is 0 Å². The van der Waals surface area contributed by atoms with E-state index in [-0.39, 0.29) is 26.2 Å². The summed E-state index contributed by atoms with van der Waals surface area (Å²) in [6.45, 7) is 12.5. The lowest BCUT2D eigenvalue weighted by atomic mass is 10.2. The standard InChI is InChI=1S/C10H19NO5S.C9H17NO3.CH3ClO2S.CH4/c1-10(2,3)15-9(12)11-6-5-8(7-11)16-17(4,13)14;1-9(2,3)13-8(12)10-5-4-7(11)6-10;1-5(2,3)4;/h8H,5-7H2,1-4H3;7,11H,4-6H2,1-3H3;1H3;1H4. The molecule has 216 valence electrons. The summed E-state index contributed by atoms with van der Waals surface area (Å²) in [7, 11) is -2.16. The van der Waals surface area contributed by atoms with Crippen LogP contribution in [0.4, 0.5) is 9.59 Å². The van der Waals surface area contributed by atoms with Crippen LogP contribution >= 0.6 is 10.7 Å². The van der Waals surface area contributed by atoms with Gasteiger partial charge in [-0.1, -0.05) is 7.43 Å². The molecule has 0 bridgehead atoms. The Labute approximate surface area is 220 Å². The fraction of sp³-hybridized carbons (Fsp3) is 0.905. The summed E-state index contributed by atoms with van der Waals surface area (Å²) in [4.78, 5) is 26.1. The molecule has 15 heteroatoms. The minimum absolute atomic E-state index is 0. The van der Waals surface area contributed by atoms with Crippen molar-refractivity contribution < 1.29 is 45.2 Å². The van der Waals surface area contributed by atoms with E-state index >= 15 is 0 Å². The van der Waals surface area contributed by atoms with Gasteiger partial charge in [0.1, 0.15) is 11.2 Å². The maximum atomic E-state index is 11.7. The van der Waals surface area contributed by atoms with E-state index < -0.39 is 42.6 Å². The molecule has 0 radical (unpaired) electrons. The van der Waals surface area contributed by atoms with Crippen molar-refractivity contribution in [2.24, 2.45) is 0 Å². The first-order valence-corrected chi connectivity index (χ1v) is 15.4. The molecule has 0 aromatic carbocycles. The van der Waals surface area contributed by atoms with Crippen LogP contribution in [0, 0.1) is 0 Å². The SMILES string of the molecule is C.CC(C)(C)OC(=O)N1CCC(O)C1.CC(C)(C)OC(=O)N1CCC(OS(C)(=O)=O)C1.CS(=O)(=O)Cl. The van der Waals surface area contributed by atoms with Gasteiger partial charge in [-0.25, -0.2) is 18.0 Å². The molecule has 2 fully saturated rings. The van der Waals surface area contributed by atoms with E-state index in [4.69, 9.17) is 13.7 Å². The Morgan fingerprint density at radius 1 is 0.833 bits per heavy atom. The zero-order valence-corrected chi connectivity index (χ0v) is 24.0. The van der Waals surface area contributed by atoms with Crippen molar-refractivity contribution in [2.75, 3.05) is 38.7 Å². The number of amides is 2. The van der Waals surface area contributed by atoms with E-state index in [2.05, 4.69) is 10.7 Å². The van der Waals surface area contributed by atoms with Crippen LogP contribution in [0.15, 0.2) is 0 Å². The zero-order valence-electron chi connectivity index (χ0n) is 21.6. The molecule has 2 atom stereocenters. The summed E-state index contributed by atoms with van der Waals surface area (Å²) >= 11 is 0. The van der Waals surface area contributed by atoms with Crippen molar-refractivity contribution in [1.29, 1.82) is 0 Å². The fourth-order valence-electron chi connectivity index (χ4n) is 2.78. The summed E-state index contributed by atoms with van der Waals surface area (Å²) in [6, 6.07) is 0. The Morgan fingerprint density at radius 3 is 1.50 bits per heavy atom. The molecule has 2 unspecified atom stereocenters. The molecule has 0 aromatic heterocycles. The number of hydrogen-bond acceptors (Lipinski definition) is 10. The molecular formula is C21H43ClN2O10S2. The van der Waals surface area contributed by atoms with Gasteiger partial charge in [0, 0.05) is 30.3 Å². The van der Waals surface area contributed by atoms with Crippen LogP contribution in [0.5, 0.6) is 0 Å². The summed E-state index contributed by atoms with van der Waals surface area (Å²) in [6.07, 6.45) is 1.48. The molecule has 0 aliphatic carbocycles. The van der Waals surface area contributed by atoms with E-state index in [1.807, 2.05) is 20.8 Å². The average molecular weight is 583 g/mol. The Bertz CT molecular complexity index is 904. The summed E-state index contributed by atoms with van der Waals surface area (Å²) in [5, 5.41) is 9.20. The topological polar surface area (TPSA) is 157 Å². The molecule has 0 spiro atoms. The summed E-state index contributed by atoms with van der Waals surface area (Å²) in [5.74, 6) is 0. The van der Waals surface area contributed by atoms with Gasteiger partial charge < -0.3 is 24.4 Å². The minimum Gasteiger partial charge on any atom is -0.444 e. The number of ether oxygens (including phenoxy) is 2. The second-order valence-corrected chi connectivity index (χ2v) is 14.8. The Balaban J connectivity index is 0. The number of hydrogen-bond donors (Lipinski definition) is 1. The van der Waals surface area contributed by atoms with Crippen LogP contribution in [0.1, 0.15) is 61.8 Å². The van der Waals surface area contributed by atoms with Crippen molar-refractivity contribution >= 4 is 42.0 Å². The van der Waals surface area contributed by atoms with Gasteiger partial charge in [0.2, 0.25) is 9.05 Å². The van der Waals surface area contributed by atoms with Gasteiger partial charge in [-0.05, 0) is 54.4 Å². The van der Waals surface area contributed by atoms with Crippen molar-refractivity contribution in [3.63, 3.8) is 0 Å². The highest BCUT2D eigenvalue weighted by atomic mass is 35.7. The van der Waals surface area contributed by atoms with Crippen molar-refractivity contribution in [3.05, 3.63) is 0 Å². The number of β-amino-alcohol motifs (C(OH)–C–C–N with tert-alkyl or cyclic N) is 1. The molecule has 2 amide bonds. The van der Waals surface area contributed by atoms with Gasteiger partial charge in [0.25, 0.3) is 10.1 Å². The van der Waals surface area contributed by atoms with Crippen LogP contribution in [-0.2, 0) is 32.8 Å². The van der Waals surface area contributed by atoms with Crippen molar-refractivity contribution in [3.8, 4) is 0 Å². The maximum Gasteiger partial charge on any atom is 0.410 e. The van der Waals surface area contributed by atoms with E-state index in [9.17, 15) is 31.5 Å². The number of likely N-dealkylation sites (tertiary alicyclic amines) is 2. The van der Waals surface area contributed by atoms with Crippen molar-refractivity contribution in [2.45, 2.75) is 85.2 Å². The summed E-state index contributed by atoms with van der Waals surface area (Å²) < 4.78 is 55.8. The number of carbonyl (C=O) groups excluding carboxylic acids is 2. The highest BCUT2D eigenvalue weighted by molar-refractivity contribution is 8.13. The maximum absolute atomic E-state index is 11.7. The lowest BCUT2D eigenvalue weighted by molar-refractivity contribution is 0.0263. The normalized spacial score (nSPS) is 20.3. The van der Waals surface area contributed by atoms with Crippen LogP contribution in [0.25, 0.3) is 0 Å². The van der Waals surface area contributed by atoms with E-state index in [1.54, 1.807) is 20.8 Å². The third-order valence-electron chi connectivity index (χ3n) is 3.92. The molecule has 1 N–H and O–H groups in total. The van der Waals surface area contributed by atoms with Crippen LogP contribution < -0.4 is 0 Å². The molecule has 2 aliphatic rings. The predicted octanol–water partition coefficient (Wildman–Crippen LogP) is 2.78. The second-order valence-electron chi connectivity index (χ2n) is 10.2. The van der Waals surface area contributed by atoms with Crippen LogP contribution in [0.3, 0.4) is 0 Å². The first-order chi connectivity index (χ1) is 15.5. The molecule has 2 rings (SSSR count). The average Bonchev–Trinajstić information content (AvgIpc) is 3.18. The van der Waals surface area contributed by atoms with E-state index in [0.717, 1.165) is 12.5 Å². The molecule has 2 aliphatic heterocycles. The molecule has 12 nitrogen and oxygen atoms in total. The monoisotopic (exact) mass is 582 g/mol. The Kier molecular flexibility index (Phi) is 14.9. The first-order valence-electron chi connectivity index (χ1n) is 10.9. The molecular weight excluding hydrogens is 540 g/mol. The van der Waals surface area contributed by atoms with Crippen molar-refractivity contribution in [1.82, 2.24) is 9.80 Å². The van der Waals surface area contributed by atoms with Gasteiger partial charge in [0.05, 0.1) is 31.3 Å². The molecule has 2 saturated heterocycles. The third-order valence-corrected chi connectivity index (χ3v) is 4.54. The second kappa shape index (κ2) is 14.6. The zero-order chi connectivity index (χ0) is 27.8. The highest BCUT2D eigenvalue weighted by Gasteiger charge is 2.32. The minimum atomic E-state index is -3.47. The molecule has 2 heterocycles. The third kappa shape index (κ3) is 20.8. The number of halogens is 1. The first kappa shape index (κ1) is 36.8. The lowest BCUT2D eigenvalue weighted by Crippen LogP contribution is -2.36. The van der Waals surface area contributed by atoms with Gasteiger partial charge in [0.15, 0.2) is 0 Å². The highest BCUT2D eigenvalue weighted by Crippen LogP contribution is 2.18. The molecule has 0 saturated carbocycles. The largest absolute Gasteiger partial charge is 0.444 e. The number of aliphatic hydroxyl groups is 1. The number of carbonyl (C=O) groups is 2. The van der Waals surface area contributed by atoms with Gasteiger partial charge in [-0.3, -0.25) is 4.18 Å². The quantitative estimate of drug-likeness (QED) is 0.379. The summed E-state index contributed by atoms with van der Waals surface area (Å²) in [5.41, 5.74) is -1.00.